The summed E-state index contributed by atoms with van der Waals surface area (Å²) in [6, 6.07) is 15.7. The zero-order valence-electron chi connectivity index (χ0n) is 14.4. The van der Waals surface area contributed by atoms with Crippen molar-refractivity contribution in [1.29, 1.82) is 0 Å². The van der Waals surface area contributed by atoms with Crippen LogP contribution < -0.4 is 15.5 Å². The molecule has 0 amide bonds. The van der Waals surface area contributed by atoms with Crippen LogP contribution in [0.5, 0.6) is 0 Å². The molecule has 0 saturated carbocycles. The Balaban J connectivity index is 1.76. The van der Waals surface area contributed by atoms with Gasteiger partial charge in [-0.25, -0.2) is 4.98 Å². The van der Waals surface area contributed by atoms with Crippen molar-refractivity contribution in [3.05, 3.63) is 65.3 Å². The van der Waals surface area contributed by atoms with Gasteiger partial charge in [0.05, 0.1) is 0 Å². The average Bonchev–Trinajstić information content (AvgIpc) is 2.60. The summed E-state index contributed by atoms with van der Waals surface area (Å²) in [6.07, 6.45) is 1.71. The SMILES string of the molecule is Cc1c(Cl)cccc1Nc1nccc(Nc2ccc(N(C)C)cc2)n1. The van der Waals surface area contributed by atoms with E-state index < -0.39 is 0 Å². The normalized spacial score (nSPS) is 10.4. The van der Waals surface area contributed by atoms with Gasteiger partial charge in [0.25, 0.3) is 0 Å². The highest BCUT2D eigenvalue weighted by Gasteiger charge is 2.05. The summed E-state index contributed by atoms with van der Waals surface area (Å²) in [4.78, 5) is 10.8. The summed E-state index contributed by atoms with van der Waals surface area (Å²) in [6.45, 7) is 1.96. The fraction of sp³-hybridized carbons (Fsp3) is 0.158. The Kier molecular flexibility index (Phi) is 5.05. The van der Waals surface area contributed by atoms with Crippen molar-refractivity contribution >= 4 is 40.4 Å². The lowest BCUT2D eigenvalue weighted by Gasteiger charge is -2.13. The smallest absolute Gasteiger partial charge is 0.229 e. The Morgan fingerprint density at radius 1 is 0.960 bits per heavy atom. The second-order valence-corrected chi connectivity index (χ2v) is 6.28. The molecule has 0 aliphatic rings. The zero-order valence-corrected chi connectivity index (χ0v) is 15.2. The molecule has 1 aromatic heterocycles. The third-order valence-corrected chi connectivity index (χ3v) is 4.24. The van der Waals surface area contributed by atoms with Crippen LogP contribution in [0.2, 0.25) is 5.02 Å². The summed E-state index contributed by atoms with van der Waals surface area (Å²) in [5.41, 5.74) is 3.96. The topological polar surface area (TPSA) is 53.1 Å². The molecule has 0 saturated heterocycles. The Morgan fingerprint density at radius 2 is 1.72 bits per heavy atom. The van der Waals surface area contributed by atoms with Gasteiger partial charge in [-0.15, -0.1) is 0 Å². The van der Waals surface area contributed by atoms with E-state index in [1.165, 1.54) is 0 Å². The van der Waals surface area contributed by atoms with Gasteiger partial charge in [-0.05, 0) is 55.0 Å². The van der Waals surface area contributed by atoms with Crippen LogP contribution in [-0.4, -0.2) is 24.1 Å². The van der Waals surface area contributed by atoms with Crippen molar-refractivity contribution in [1.82, 2.24) is 9.97 Å². The second-order valence-electron chi connectivity index (χ2n) is 5.87. The predicted octanol–water partition coefficient (Wildman–Crippen LogP) is 4.99. The number of aromatic nitrogens is 2. The quantitative estimate of drug-likeness (QED) is 0.676. The highest BCUT2D eigenvalue weighted by molar-refractivity contribution is 6.31. The van der Waals surface area contributed by atoms with Gasteiger partial charge in [0.1, 0.15) is 5.82 Å². The van der Waals surface area contributed by atoms with E-state index in [9.17, 15) is 0 Å². The van der Waals surface area contributed by atoms with Crippen molar-refractivity contribution < 1.29 is 0 Å². The van der Waals surface area contributed by atoms with E-state index in [1.807, 2.05) is 57.4 Å². The van der Waals surface area contributed by atoms with E-state index in [2.05, 4.69) is 37.6 Å². The Hall–Kier alpha value is -2.79. The first-order valence-electron chi connectivity index (χ1n) is 7.92. The molecule has 0 atom stereocenters. The van der Waals surface area contributed by atoms with Gasteiger partial charge in [-0.2, -0.15) is 4.98 Å². The number of halogens is 1. The van der Waals surface area contributed by atoms with Crippen LogP contribution in [0, 0.1) is 6.92 Å². The number of nitrogens with one attached hydrogen (secondary N) is 2. The Bertz CT molecular complexity index is 862. The molecule has 0 aliphatic carbocycles. The van der Waals surface area contributed by atoms with Crippen molar-refractivity contribution in [2.24, 2.45) is 0 Å². The minimum Gasteiger partial charge on any atom is -0.378 e. The van der Waals surface area contributed by atoms with E-state index in [-0.39, 0.29) is 0 Å². The minimum atomic E-state index is 0.514. The third kappa shape index (κ3) is 4.19. The van der Waals surface area contributed by atoms with Crippen LogP contribution in [0.4, 0.5) is 28.8 Å². The number of anilines is 5. The van der Waals surface area contributed by atoms with Gasteiger partial charge in [0.2, 0.25) is 5.95 Å². The Morgan fingerprint density at radius 3 is 2.44 bits per heavy atom. The third-order valence-electron chi connectivity index (χ3n) is 3.83. The maximum Gasteiger partial charge on any atom is 0.229 e. The molecule has 3 rings (SSSR count). The zero-order chi connectivity index (χ0) is 17.8. The first-order chi connectivity index (χ1) is 12.0. The molecule has 2 N–H and O–H groups in total. The maximum atomic E-state index is 6.16. The fourth-order valence-electron chi connectivity index (χ4n) is 2.34. The van der Waals surface area contributed by atoms with E-state index in [4.69, 9.17) is 11.6 Å². The molecule has 0 spiro atoms. The number of rotatable bonds is 5. The molecule has 3 aromatic rings. The molecule has 2 aromatic carbocycles. The van der Waals surface area contributed by atoms with Crippen molar-refractivity contribution in [2.45, 2.75) is 6.92 Å². The standard InChI is InChI=1S/C19H20ClN5/c1-13-16(20)5-4-6-17(13)23-19-21-12-11-18(24-19)22-14-7-9-15(10-8-14)25(2)3/h4-12H,1-3H3,(H2,21,22,23,24). The summed E-state index contributed by atoms with van der Waals surface area (Å²) in [7, 11) is 4.03. The molecule has 0 unspecified atom stereocenters. The molecule has 0 radical (unpaired) electrons. The van der Waals surface area contributed by atoms with Crippen LogP contribution in [0.15, 0.2) is 54.7 Å². The molecule has 0 bridgehead atoms. The molecular weight excluding hydrogens is 334 g/mol. The van der Waals surface area contributed by atoms with E-state index in [0.29, 0.717) is 11.0 Å². The summed E-state index contributed by atoms with van der Waals surface area (Å²) >= 11 is 6.16. The Labute approximate surface area is 152 Å². The van der Waals surface area contributed by atoms with Crippen molar-refractivity contribution in [3.63, 3.8) is 0 Å². The number of hydrogen-bond donors (Lipinski definition) is 2. The molecule has 128 valence electrons. The minimum absolute atomic E-state index is 0.514. The average molecular weight is 354 g/mol. The molecular formula is C19H20ClN5. The first kappa shape index (κ1) is 17.0. The van der Waals surface area contributed by atoms with Crippen LogP contribution in [0.3, 0.4) is 0 Å². The van der Waals surface area contributed by atoms with Gasteiger partial charge >= 0.3 is 0 Å². The van der Waals surface area contributed by atoms with E-state index in [1.54, 1.807) is 6.20 Å². The second kappa shape index (κ2) is 7.40. The predicted molar refractivity (Wildman–Crippen MR) is 106 cm³/mol. The largest absolute Gasteiger partial charge is 0.378 e. The number of hydrogen-bond acceptors (Lipinski definition) is 5. The van der Waals surface area contributed by atoms with E-state index in [0.717, 1.165) is 28.4 Å². The lowest BCUT2D eigenvalue weighted by molar-refractivity contribution is 1.13. The maximum absolute atomic E-state index is 6.16. The first-order valence-corrected chi connectivity index (χ1v) is 8.30. The molecule has 6 heteroatoms. The van der Waals surface area contributed by atoms with Crippen molar-refractivity contribution in [3.8, 4) is 0 Å². The lowest BCUT2D eigenvalue weighted by Crippen LogP contribution is -2.08. The monoisotopic (exact) mass is 353 g/mol. The number of nitrogens with zero attached hydrogens (tertiary/aromatic N) is 3. The van der Waals surface area contributed by atoms with Gasteiger partial charge in [-0.3, -0.25) is 0 Å². The van der Waals surface area contributed by atoms with Gasteiger partial charge in [0.15, 0.2) is 0 Å². The molecule has 5 nitrogen and oxygen atoms in total. The summed E-state index contributed by atoms with van der Waals surface area (Å²) in [5, 5.41) is 7.21. The van der Waals surface area contributed by atoms with E-state index >= 15 is 0 Å². The van der Waals surface area contributed by atoms with Gasteiger partial charge in [0, 0.05) is 42.4 Å². The van der Waals surface area contributed by atoms with Crippen LogP contribution in [0.1, 0.15) is 5.56 Å². The van der Waals surface area contributed by atoms with Crippen molar-refractivity contribution in [2.75, 3.05) is 29.6 Å². The number of benzene rings is 2. The molecule has 25 heavy (non-hydrogen) atoms. The van der Waals surface area contributed by atoms with Crippen LogP contribution in [0.25, 0.3) is 0 Å². The molecule has 0 fully saturated rings. The van der Waals surface area contributed by atoms with Crippen LogP contribution >= 0.6 is 11.6 Å². The summed E-state index contributed by atoms with van der Waals surface area (Å²) < 4.78 is 0. The van der Waals surface area contributed by atoms with Gasteiger partial charge < -0.3 is 15.5 Å². The lowest BCUT2D eigenvalue weighted by atomic mass is 10.2. The fourth-order valence-corrected chi connectivity index (χ4v) is 2.52. The molecule has 0 aliphatic heterocycles. The highest BCUT2D eigenvalue weighted by Crippen LogP contribution is 2.25. The van der Waals surface area contributed by atoms with Gasteiger partial charge in [-0.1, -0.05) is 17.7 Å². The molecule has 1 heterocycles. The highest BCUT2D eigenvalue weighted by atomic mass is 35.5. The van der Waals surface area contributed by atoms with Crippen LogP contribution in [-0.2, 0) is 0 Å². The summed E-state index contributed by atoms with van der Waals surface area (Å²) in [5.74, 6) is 1.23.